The maximum Gasteiger partial charge on any atom is 0.338 e. The summed E-state index contributed by atoms with van der Waals surface area (Å²) in [5.41, 5.74) is -4.49. The third-order valence-corrected chi connectivity index (χ3v) is 10.6. The highest BCUT2D eigenvalue weighted by molar-refractivity contribution is 6.07. The number of aliphatic hydroxyl groups is 1. The maximum atomic E-state index is 15.0. The maximum absolute atomic E-state index is 15.0. The van der Waals surface area contributed by atoms with Crippen LogP contribution in [0.25, 0.3) is 0 Å². The molecule has 0 bridgehead atoms. The molecule has 2 aromatic rings. The van der Waals surface area contributed by atoms with E-state index in [0.29, 0.717) is 5.69 Å². The van der Waals surface area contributed by atoms with E-state index in [1.165, 1.54) is 4.90 Å². The van der Waals surface area contributed by atoms with Crippen molar-refractivity contribution < 1.29 is 38.5 Å². The largest absolute Gasteiger partial charge is 0.461 e. The number of ether oxygens (including phenoxy) is 3. The van der Waals surface area contributed by atoms with Crippen LogP contribution in [0.4, 0.5) is 5.69 Å². The van der Waals surface area contributed by atoms with Gasteiger partial charge < -0.3 is 19.3 Å². The summed E-state index contributed by atoms with van der Waals surface area (Å²) in [6, 6.07) is 14.1. The lowest BCUT2D eigenvalue weighted by Gasteiger charge is -2.51. The van der Waals surface area contributed by atoms with Gasteiger partial charge in [-0.05, 0) is 51.6 Å². The first-order chi connectivity index (χ1) is 20.7. The topological polar surface area (TPSA) is 119 Å². The second kappa shape index (κ2) is 9.41. The van der Waals surface area contributed by atoms with Gasteiger partial charge in [0.15, 0.2) is 12.3 Å². The Hall–Kier alpha value is -3.72. The number of carbonyl (C=O) groups is 4. The number of esters is 3. The van der Waals surface area contributed by atoms with Crippen molar-refractivity contribution in [3.05, 3.63) is 65.2 Å². The molecule has 6 rings (SSSR count). The Balaban J connectivity index is 1.65. The van der Waals surface area contributed by atoms with E-state index in [4.69, 9.17) is 14.2 Å². The van der Waals surface area contributed by atoms with Crippen molar-refractivity contribution in [1.29, 1.82) is 0 Å². The fraction of sp³-hybridized carbons (Fsp3) is 0.556. The second-order valence-electron chi connectivity index (χ2n) is 16.2. The number of anilines is 1. The van der Waals surface area contributed by atoms with E-state index in [2.05, 4.69) is 47.6 Å². The van der Waals surface area contributed by atoms with Crippen molar-refractivity contribution in [2.24, 2.45) is 16.2 Å². The molecule has 4 fully saturated rings. The van der Waals surface area contributed by atoms with Gasteiger partial charge in [0.1, 0.15) is 16.9 Å². The summed E-state index contributed by atoms with van der Waals surface area (Å²) < 4.78 is 18.1. The number of nitrogens with zero attached hydrogens (tertiary/aromatic N) is 1. The van der Waals surface area contributed by atoms with Crippen molar-refractivity contribution in [2.45, 2.75) is 110 Å². The zero-order chi connectivity index (χ0) is 33.1. The Morgan fingerprint density at radius 1 is 0.889 bits per heavy atom. The smallest absolute Gasteiger partial charge is 0.338 e. The molecule has 4 aliphatic rings. The van der Waals surface area contributed by atoms with Crippen LogP contribution in [0.2, 0.25) is 0 Å². The third kappa shape index (κ3) is 4.01. The third-order valence-electron chi connectivity index (χ3n) is 10.6. The first-order valence-corrected chi connectivity index (χ1v) is 15.6. The quantitative estimate of drug-likeness (QED) is 0.369. The minimum Gasteiger partial charge on any atom is -0.461 e. The number of amides is 1. The molecular weight excluding hydrogens is 574 g/mol. The molecule has 0 aromatic heterocycles. The highest BCUT2D eigenvalue weighted by Gasteiger charge is 2.94. The molecule has 2 unspecified atom stereocenters. The molecule has 1 aliphatic carbocycles. The minimum absolute atomic E-state index is 0.121. The fourth-order valence-corrected chi connectivity index (χ4v) is 8.15. The first kappa shape index (κ1) is 31.3. The molecular formula is C36H43NO8. The molecule has 1 N–H and O–H groups in total. The monoisotopic (exact) mass is 617 g/mol. The predicted octanol–water partition coefficient (Wildman–Crippen LogP) is 5.21. The molecule has 3 saturated heterocycles. The summed E-state index contributed by atoms with van der Waals surface area (Å²) in [6.07, 6.45) is -4.63. The highest BCUT2D eigenvalue weighted by Crippen LogP contribution is 2.76. The van der Waals surface area contributed by atoms with Gasteiger partial charge in [-0.2, -0.15) is 0 Å². The van der Waals surface area contributed by atoms with Crippen LogP contribution in [0.3, 0.4) is 0 Å². The van der Waals surface area contributed by atoms with Crippen molar-refractivity contribution >= 4 is 29.5 Å². The highest BCUT2D eigenvalue weighted by atomic mass is 16.6. The molecule has 9 nitrogen and oxygen atoms in total. The van der Waals surface area contributed by atoms with E-state index in [0.717, 1.165) is 11.1 Å². The zero-order valence-corrected chi connectivity index (χ0v) is 27.5. The van der Waals surface area contributed by atoms with Crippen LogP contribution in [0.15, 0.2) is 48.5 Å². The zero-order valence-electron chi connectivity index (χ0n) is 27.5. The Morgan fingerprint density at radius 2 is 1.47 bits per heavy atom. The number of carbonyl (C=O) groups excluding carboxylic acids is 4. The Kier molecular flexibility index (Phi) is 6.54. The minimum atomic E-state index is -1.87. The van der Waals surface area contributed by atoms with Gasteiger partial charge in [-0.1, -0.05) is 86.6 Å². The molecule has 2 aromatic carbocycles. The van der Waals surface area contributed by atoms with Gasteiger partial charge in [-0.3, -0.25) is 19.3 Å². The van der Waals surface area contributed by atoms with Crippen LogP contribution in [0.5, 0.6) is 0 Å². The second-order valence-corrected chi connectivity index (χ2v) is 16.2. The standard InChI is InChI=1S/C36H43NO8/c1-31(2,3)21-15-22(32(4,5)6)17-23(16-21)37-27(39)26(44-28(40)20-13-11-10-12-14-20)36-29(37)45-30(41)34(36)19-25(38)43-24(34)18-35(36,42)33(7,8)9/h10-17,24,26,29,42H,18-19H2,1-9H3/t24-,26-,29-,34?,35+,36?/m0/s1. The van der Waals surface area contributed by atoms with Gasteiger partial charge in [0, 0.05) is 12.1 Å². The van der Waals surface area contributed by atoms with E-state index in [-0.39, 0.29) is 22.8 Å². The van der Waals surface area contributed by atoms with E-state index in [1.54, 1.807) is 51.1 Å². The fourth-order valence-electron chi connectivity index (χ4n) is 8.15. The van der Waals surface area contributed by atoms with Crippen LogP contribution < -0.4 is 4.90 Å². The molecule has 0 radical (unpaired) electrons. The van der Waals surface area contributed by atoms with Crippen LogP contribution in [-0.2, 0) is 39.4 Å². The van der Waals surface area contributed by atoms with E-state index >= 15 is 0 Å². The summed E-state index contributed by atoms with van der Waals surface area (Å²) in [7, 11) is 0. The molecule has 1 amide bonds. The predicted molar refractivity (Wildman–Crippen MR) is 165 cm³/mol. The molecule has 9 heteroatoms. The normalized spacial score (nSPS) is 32.6. The van der Waals surface area contributed by atoms with Crippen LogP contribution in [0.1, 0.15) is 96.6 Å². The lowest BCUT2D eigenvalue weighted by Crippen LogP contribution is -2.66. The van der Waals surface area contributed by atoms with E-state index < -0.39 is 70.5 Å². The summed E-state index contributed by atoms with van der Waals surface area (Å²) >= 11 is 0. The number of hydrogen-bond acceptors (Lipinski definition) is 8. The average Bonchev–Trinajstić information content (AvgIpc) is 3.54. The summed E-state index contributed by atoms with van der Waals surface area (Å²) in [4.78, 5) is 57.2. The molecule has 3 heterocycles. The summed E-state index contributed by atoms with van der Waals surface area (Å²) in [6.45, 7) is 17.8. The molecule has 45 heavy (non-hydrogen) atoms. The Labute approximate surface area is 264 Å². The molecule has 6 atom stereocenters. The first-order valence-electron chi connectivity index (χ1n) is 15.6. The van der Waals surface area contributed by atoms with Crippen molar-refractivity contribution in [1.82, 2.24) is 0 Å². The van der Waals surface area contributed by atoms with Gasteiger partial charge in [0.05, 0.1) is 17.6 Å². The van der Waals surface area contributed by atoms with Crippen molar-refractivity contribution in [2.75, 3.05) is 4.90 Å². The van der Waals surface area contributed by atoms with Gasteiger partial charge in [0.2, 0.25) is 0 Å². The average molecular weight is 618 g/mol. The van der Waals surface area contributed by atoms with Crippen molar-refractivity contribution in [3.63, 3.8) is 0 Å². The van der Waals surface area contributed by atoms with E-state index in [9.17, 15) is 24.3 Å². The van der Waals surface area contributed by atoms with Crippen LogP contribution in [0, 0.1) is 16.2 Å². The summed E-state index contributed by atoms with van der Waals surface area (Å²) in [5, 5.41) is 13.0. The molecule has 2 spiro atoms. The SMILES string of the molecule is CC(C)(C)c1cc(N2C(=O)[C@H](OC(=O)c3ccccc3)C34[C@@H]2OC(=O)C32CC(=O)O[C@H]2C[C@@]4(O)C(C)(C)C)cc(C(C)(C)C)c1. The lowest BCUT2D eigenvalue weighted by molar-refractivity contribution is -0.204. The lowest BCUT2D eigenvalue weighted by atomic mass is 9.52. The molecule has 3 aliphatic heterocycles. The summed E-state index contributed by atoms with van der Waals surface area (Å²) in [5.74, 6) is -2.80. The van der Waals surface area contributed by atoms with Crippen LogP contribution in [-0.4, -0.2) is 53.0 Å². The van der Waals surface area contributed by atoms with Crippen molar-refractivity contribution in [3.8, 4) is 0 Å². The van der Waals surface area contributed by atoms with Gasteiger partial charge in [0.25, 0.3) is 5.91 Å². The van der Waals surface area contributed by atoms with Gasteiger partial charge in [-0.15, -0.1) is 0 Å². The number of rotatable bonds is 3. The molecule has 240 valence electrons. The Morgan fingerprint density at radius 3 is 2.00 bits per heavy atom. The van der Waals surface area contributed by atoms with Gasteiger partial charge in [-0.25, -0.2) is 4.79 Å². The Bertz CT molecular complexity index is 1580. The van der Waals surface area contributed by atoms with Crippen LogP contribution >= 0.6 is 0 Å². The van der Waals surface area contributed by atoms with E-state index in [1.807, 2.05) is 12.1 Å². The number of benzene rings is 2. The number of hydrogen-bond donors (Lipinski definition) is 1. The molecule has 1 saturated carbocycles. The van der Waals surface area contributed by atoms with Gasteiger partial charge >= 0.3 is 17.9 Å².